The van der Waals surface area contributed by atoms with Crippen molar-refractivity contribution in [1.82, 2.24) is 4.98 Å². The maximum Gasteiger partial charge on any atom is 0.130 e. The topological polar surface area (TPSA) is 48.7 Å². The van der Waals surface area contributed by atoms with Crippen LogP contribution < -0.4 is 5.32 Å². The van der Waals surface area contributed by atoms with Crippen LogP contribution in [-0.2, 0) is 0 Å². The summed E-state index contributed by atoms with van der Waals surface area (Å²) in [6.45, 7) is 1.90. The Morgan fingerprint density at radius 2 is 2.00 bits per heavy atom. The van der Waals surface area contributed by atoms with Crippen LogP contribution in [0.1, 0.15) is 11.1 Å². The molecule has 0 aliphatic rings. The Bertz CT molecular complexity index is 615. The number of aromatic nitrogens is 1. The number of anilines is 2. The van der Waals surface area contributed by atoms with Gasteiger partial charge in [-0.1, -0.05) is 29.3 Å². The molecule has 0 unspecified atom stereocenters. The number of nitriles is 1. The van der Waals surface area contributed by atoms with Crippen LogP contribution in [0.4, 0.5) is 11.5 Å². The molecule has 2 aromatic rings. The molecule has 5 heteroatoms. The molecule has 1 N–H and O–H groups in total. The fourth-order valence-corrected chi connectivity index (χ4v) is 1.90. The third kappa shape index (κ3) is 2.56. The first-order valence-corrected chi connectivity index (χ1v) is 5.95. The standard InChI is InChI=1S/C13H9Cl2N3/c1-8-2-4-10(14)13(12(8)15)18-11-5-3-9(6-16)7-17-11/h2-5,7H,1H3,(H,17,18). The molecule has 3 nitrogen and oxygen atoms in total. The molecule has 0 bridgehead atoms. The largest absolute Gasteiger partial charge is 0.338 e. The summed E-state index contributed by atoms with van der Waals surface area (Å²) in [6.07, 6.45) is 1.49. The quantitative estimate of drug-likeness (QED) is 0.890. The molecule has 0 amide bonds. The molecule has 0 saturated heterocycles. The van der Waals surface area contributed by atoms with Crippen LogP contribution >= 0.6 is 23.2 Å². The predicted molar refractivity (Wildman–Crippen MR) is 73.4 cm³/mol. The average molecular weight is 278 g/mol. The predicted octanol–water partition coefficient (Wildman–Crippen LogP) is 4.31. The van der Waals surface area contributed by atoms with Crippen molar-refractivity contribution >= 4 is 34.7 Å². The highest BCUT2D eigenvalue weighted by molar-refractivity contribution is 6.39. The van der Waals surface area contributed by atoms with Gasteiger partial charge in [0.05, 0.1) is 21.3 Å². The lowest BCUT2D eigenvalue weighted by atomic mass is 10.2. The molecule has 0 spiro atoms. The van der Waals surface area contributed by atoms with Crippen LogP contribution in [0.3, 0.4) is 0 Å². The van der Waals surface area contributed by atoms with Crippen LogP contribution in [0.2, 0.25) is 10.0 Å². The summed E-state index contributed by atoms with van der Waals surface area (Å²) >= 11 is 12.3. The van der Waals surface area contributed by atoms with Crippen molar-refractivity contribution in [2.45, 2.75) is 6.92 Å². The van der Waals surface area contributed by atoms with Crippen LogP contribution in [0.5, 0.6) is 0 Å². The molecule has 0 saturated carbocycles. The van der Waals surface area contributed by atoms with Gasteiger partial charge in [-0.15, -0.1) is 0 Å². The number of hydrogen-bond donors (Lipinski definition) is 1. The highest BCUT2D eigenvalue weighted by Gasteiger charge is 2.09. The Balaban J connectivity index is 2.34. The van der Waals surface area contributed by atoms with Crippen molar-refractivity contribution in [2.24, 2.45) is 0 Å². The Labute approximate surface area is 115 Å². The number of halogens is 2. The second-order valence-corrected chi connectivity index (χ2v) is 4.51. The van der Waals surface area contributed by atoms with E-state index in [0.717, 1.165) is 5.56 Å². The van der Waals surface area contributed by atoms with Gasteiger partial charge in [0, 0.05) is 6.20 Å². The van der Waals surface area contributed by atoms with E-state index in [1.807, 2.05) is 19.1 Å². The molecule has 1 aromatic heterocycles. The van der Waals surface area contributed by atoms with E-state index in [-0.39, 0.29) is 0 Å². The molecule has 2 rings (SSSR count). The fourth-order valence-electron chi connectivity index (χ4n) is 1.43. The molecule has 18 heavy (non-hydrogen) atoms. The second-order valence-electron chi connectivity index (χ2n) is 3.72. The molecular formula is C13H9Cl2N3. The van der Waals surface area contributed by atoms with E-state index < -0.39 is 0 Å². The molecular weight excluding hydrogens is 269 g/mol. The molecule has 1 aromatic carbocycles. The monoisotopic (exact) mass is 277 g/mol. The Kier molecular flexibility index (Phi) is 3.71. The third-order valence-corrected chi connectivity index (χ3v) is 3.23. The molecule has 90 valence electrons. The number of benzene rings is 1. The second kappa shape index (κ2) is 5.26. The third-order valence-electron chi connectivity index (χ3n) is 2.43. The summed E-state index contributed by atoms with van der Waals surface area (Å²) < 4.78 is 0. The zero-order valence-corrected chi connectivity index (χ0v) is 11.0. The Hall–Kier alpha value is -1.76. The lowest BCUT2D eigenvalue weighted by Crippen LogP contribution is -1.96. The van der Waals surface area contributed by atoms with E-state index in [0.29, 0.717) is 27.1 Å². The van der Waals surface area contributed by atoms with Crippen LogP contribution in [0.15, 0.2) is 30.5 Å². The van der Waals surface area contributed by atoms with Gasteiger partial charge >= 0.3 is 0 Å². The van der Waals surface area contributed by atoms with Gasteiger partial charge < -0.3 is 5.32 Å². The van der Waals surface area contributed by atoms with Crippen molar-refractivity contribution in [2.75, 3.05) is 5.32 Å². The van der Waals surface area contributed by atoms with E-state index in [9.17, 15) is 0 Å². The summed E-state index contributed by atoms with van der Waals surface area (Å²) in [4.78, 5) is 4.11. The first kappa shape index (κ1) is 12.7. The van der Waals surface area contributed by atoms with E-state index in [2.05, 4.69) is 10.3 Å². The summed E-state index contributed by atoms with van der Waals surface area (Å²) in [5.74, 6) is 0.586. The highest BCUT2D eigenvalue weighted by atomic mass is 35.5. The zero-order valence-electron chi connectivity index (χ0n) is 9.54. The molecule has 1 heterocycles. The maximum atomic E-state index is 8.69. The average Bonchev–Trinajstić information content (AvgIpc) is 2.40. The summed E-state index contributed by atoms with van der Waals surface area (Å²) in [6, 6.07) is 9.00. The number of pyridine rings is 1. The van der Waals surface area contributed by atoms with Gasteiger partial charge in [-0.05, 0) is 30.7 Å². The van der Waals surface area contributed by atoms with Gasteiger partial charge in [-0.2, -0.15) is 5.26 Å². The van der Waals surface area contributed by atoms with Gasteiger partial charge in [0.15, 0.2) is 0 Å². The smallest absolute Gasteiger partial charge is 0.130 e. The molecule has 0 aliphatic carbocycles. The highest BCUT2D eigenvalue weighted by Crippen LogP contribution is 2.34. The lowest BCUT2D eigenvalue weighted by molar-refractivity contribution is 1.28. The number of hydrogen-bond acceptors (Lipinski definition) is 3. The molecule has 0 fully saturated rings. The van der Waals surface area contributed by atoms with Crippen molar-refractivity contribution in [1.29, 1.82) is 5.26 Å². The number of rotatable bonds is 2. The van der Waals surface area contributed by atoms with Crippen LogP contribution in [0, 0.1) is 18.3 Å². The molecule has 0 atom stereocenters. The van der Waals surface area contributed by atoms with Crippen LogP contribution in [0.25, 0.3) is 0 Å². The fraction of sp³-hybridized carbons (Fsp3) is 0.0769. The van der Waals surface area contributed by atoms with Gasteiger partial charge in [0.1, 0.15) is 11.9 Å². The maximum absolute atomic E-state index is 8.69. The van der Waals surface area contributed by atoms with Gasteiger partial charge in [-0.3, -0.25) is 0 Å². The van der Waals surface area contributed by atoms with E-state index >= 15 is 0 Å². The zero-order chi connectivity index (χ0) is 13.1. The molecule has 0 aliphatic heterocycles. The minimum atomic E-state index is 0.502. The van der Waals surface area contributed by atoms with Gasteiger partial charge in [-0.25, -0.2) is 4.98 Å². The van der Waals surface area contributed by atoms with Crippen LogP contribution in [-0.4, -0.2) is 4.98 Å². The summed E-state index contributed by atoms with van der Waals surface area (Å²) in [5, 5.41) is 12.8. The number of nitrogens with zero attached hydrogens (tertiary/aromatic N) is 2. The number of nitrogens with one attached hydrogen (secondary N) is 1. The van der Waals surface area contributed by atoms with Gasteiger partial charge in [0.2, 0.25) is 0 Å². The Morgan fingerprint density at radius 3 is 2.61 bits per heavy atom. The summed E-state index contributed by atoms with van der Waals surface area (Å²) in [7, 11) is 0. The minimum Gasteiger partial charge on any atom is -0.338 e. The summed E-state index contributed by atoms with van der Waals surface area (Å²) in [5.41, 5.74) is 2.05. The van der Waals surface area contributed by atoms with Crippen molar-refractivity contribution < 1.29 is 0 Å². The SMILES string of the molecule is Cc1ccc(Cl)c(Nc2ccc(C#N)cn2)c1Cl. The van der Waals surface area contributed by atoms with E-state index in [1.54, 1.807) is 18.2 Å². The Morgan fingerprint density at radius 1 is 1.22 bits per heavy atom. The minimum absolute atomic E-state index is 0.502. The van der Waals surface area contributed by atoms with Gasteiger partial charge in [0.25, 0.3) is 0 Å². The van der Waals surface area contributed by atoms with E-state index in [4.69, 9.17) is 28.5 Å². The van der Waals surface area contributed by atoms with Crippen molar-refractivity contribution in [3.05, 3.63) is 51.6 Å². The number of aryl methyl sites for hydroxylation is 1. The van der Waals surface area contributed by atoms with Crippen molar-refractivity contribution in [3.63, 3.8) is 0 Å². The first-order valence-electron chi connectivity index (χ1n) is 5.19. The first-order chi connectivity index (χ1) is 8.61. The molecule has 0 radical (unpaired) electrons. The lowest BCUT2D eigenvalue weighted by Gasteiger charge is -2.11. The van der Waals surface area contributed by atoms with E-state index in [1.165, 1.54) is 6.20 Å². The normalized spacial score (nSPS) is 9.89. The van der Waals surface area contributed by atoms with Crippen molar-refractivity contribution in [3.8, 4) is 6.07 Å².